The molecule has 0 fully saturated rings. The van der Waals surface area contributed by atoms with E-state index in [0.29, 0.717) is 5.92 Å². The number of hydrogen-bond acceptors (Lipinski definition) is 1. The zero-order valence-electron chi connectivity index (χ0n) is 33.5. The molecule has 3 aliphatic rings. The van der Waals surface area contributed by atoms with Gasteiger partial charge >= 0.3 is 0 Å². The fourth-order valence-electron chi connectivity index (χ4n) is 10.4. The monoisotopic (exact) mass is 755 g/mol. The molecule has 1 unspecified atom stereocenters. The average molecular weight is 756 g/mol. The summed E-state index contributed by atoms with van der Waals surface area (Å²) in [7, 11) is 0. The lowest BCUT2D eigenvalue weighted by atomic mass is 9.66. The SMILES string of the molecule is CC1(C)c2ccccc2-c2ccc(C3(c4ccc(N(C5=CCC(c6ccccc6)C=C5)c5ccc(-c6ccccc6)cc5)cc4)c4ccccc4-c4ccccc43)cc21. The van der Waals surface area contributed by atoms with Gasteiger partial charge < -0.3 is 4.90 Å². The highest BCUT2D eigenvalue weighted by Gasteiger charge is 2.47. The minimum absolute atomic E-state index is 0.109. The van der Waals surface area contributed by atoms with Gasteiger partial charge in [0.25, 0.3) is 0 Å². The van der Waals surface area contributed by atoms with Crippen molar-refractivity contribution >= 4 is 11.4 Å². The van der Waals surface area contributed by atoms with Crippen molar-refractivity contribution in [3.8, 4) is 33.4 Å². The van der Waals surface area contributed by atoms with Crippen molar-refractivity contribution in [2.45, 2.75) is 37.0 Å². The van der Waals surface area contributed by atoms with Crippen molar-refractivity contribution in [3.63, 3.8) is 0 Å². The Hall–Kier alpha value is -6.96. The normalized spacial score (nSPS) is 16.4. The summed E-state index contributed by atoms with van der Waals surface area (Å²) < 4.78 is 0. The summed E-state index contributed by atoms with van der Waals surface area (Å²) in [6, 6.07) is 74.4. The lowest BCUT2D eigenvalue weighted by Crippen LogP contribution is -2.29. The average Bonchev–Trinajstić information content (AvgIpc) is 3.73. The first-order valence-electron chi connectivity index (χ1n) is 21.0. The van der Waals surface area contributed by atoms with E-state index in [1.54, 1.807) is 0 Å². The highest BCUT2D eigenvalue weighted by molar-refractivity contribution is 5.88. The van der Waals surface area contributed by atoms with Gasteiger partial charge in [-0.2, -0.15) is 0 Å². The first-order valence-corrected chi connectivity index (χ1v) is 21.0. The standard InChI is InChI=1S/C58H45N/c1-57(2)53-22-12-9-19-49(53)52-38-31-45(39-56(52)57)58(54-23-13-10-20-50(54)51-21-11-14-24-55(51)58)44-29-36-48(37-30-44)59(46-32-25-42(26-33-46)40-15-5-3-6-16-40)47-34-27-43(28-35-47)41-17-7-4-8-18-41/h3-27,29-39,43H,28H2,1-2H3. The molecule has 8 aromatic rings. The number of anilines is 2. The molecule has 0 aliphatic heterocycles. The maximum Gasteiger partial charge on any atom is 0.0713 e. The van der Waals surface area contributed by atoms with Crippen LogP contribution in [0.25, 0.3) is 33.4 Å². The third-order valence-corrected chi connectivity index (χ3v) is 13.3. The molecule has 282 valence electrons. The lowest BCUT2D eigenvalue weighted by Gasteiger charge is -2.36. The van der Waals surface area contributed by atoms with E-state index < -0.39 is 5.41 Å². The topological polar surface area (TPSA) is 3.24 Å². The fourth-order valence-corrected chi connectivity index (χ4v) is 10.4. The number of benzene rings is 8. The van der Waals surface area contributed by atoms with E-state index in [2.05, 4.69) is 237 Å². The third kappa shape index (κ3) is 5.53. The lowest BCUT2D eigenvalue weighted by molar-refractivity contribution is 0.655. The third-order valence-electron chi connectivity index (χ3n) is 13.3. The predicted molar refractivity (Wildman–Crippen MR) is 246 cm³/mol. The zero-order chi connectivity index (χ0) is 39.6. The number of rotatable bonds is 7. The van der Waals surface area contributed by atoms with Gasteiger partial charge in [0.15, 0.2) is 0 Å². The molecule has 0 aromatic heterocycles. The minimum Gasteiger partial charge on any atom is -0.311 e. The van der Waals surface area contributed by atoms with E-state index in [9.17, 15) is 0 Å². The van der Waals surface area contributed by atoms with Gasteiger partial charge in [-0.05, 0) is 109 Å². The summed E-state index contributed by atoms with van der Waals surface area (Å²) in [4.78, 5) is 2.43. The summed E-state index contributed by atoms with van der Waals surface area (Å²) in [5, 5.41) is 0. The Morgan fingerprint density at radius 1 is 0.441 bits per heavy atom. The molecule has 0 heterocycles. The van der Waals surface area contributed by atoms with Gasteiger partial charge in [0, 0.05) is 28.4 Å². The van der Waals surface area contributed by atoms with Crippen LogP contribution in [0.5, 0.6) is 0 Å². The first kappa shape index (κ1) is 35.2. The molecule has 59 heavy (non-hydrogen) atoms. The molecule has 1 heteroatoms. The molecular formula is C58H45N. The fraction of sp³-hybridized carbons (Fsp3) is 0.103. The van der Waals surface area contributed by atoms with E-state index in [-0.39, 0.29) is 5.41 Å². The number of fused-ring (bicyclic) bond motifs is 6. The number of hydrogen-bond donors (Lipinski definition) is 0. The molecule has 0 spiro atoms. The Morgan fingerprint density at radius 2 is 0.932 bits per heavy atom. The van der Waals surface area contributed by atoms with Crippen molar-refractivity contribution in [1.82, 2.24) is 0 Å². The molecule has 0 bridgehead atoms. The van der Waals surface area contributed by atoms with Crippen molar-refractivity contribution in [2.24, 2.45) is 0 Å². The maximum atomic E-state index is 2.53. The summed E-state index contributed by atoms with van der Waals surface area (Å²) in [5.41, 5.74) is 20.0. The van der Waals surface area contributed by atoms with Crippen molar-refractivity contribution in [3.05, 3.63) is 263 Å². The molecular weight excluding hydrogens is 711 g/mol. The molecule has 8 aromatic carbocycles. The molecule has 1 atom stereocenters. The molecule has 0 saturated heterocycles. The molecule has 0 N–H and O–H groups in total. The predicted octanol–water partition coefficient (Wildman–Crippen LogP) is 14.8. The van der Waals surface area contributed by atoms with Crippen LogP contribution in [-0.4, -0.2) is 0 Å². The Bertz CT molecular complexity index is 2870. The van der Waals surface area contributed by atoms with Crippen LogP contribution in [0.4, 0.5) is 11.4 Å². The van der Waals surface area contributed by atoms with Gasteiger partial charge in [-0.3, -0.25) is 0 Å². The van der Waals surface area contributed by atoms with E-state index in [4.69, 9.17) is 0 Å². The van der Waals surface area contributed by atoms with Crippen molar-refractivity contribution in [2.75, 3.05) is 4.90 Å². The van der Waals surface area contributed by atoms with E-state index >= 15 is 0 Å². The van der Waals surface area contributed by atoms with Gasteiger partial charge in [0.2, 0.25) is 0 Å². The van der Waals surface area contributed by atoms with Gasteiger partial charge in [-0.15, -0.1) is 0 Å². The Labute approximate surface area is 348 Å². The van der Waals surface area contributed by atoms with E-state index in [1.165, 1.54) is 78.0 Å². The Kier molecular flexibility index (Phi) is 8.27. The molecule has 0 saturated carbocycles. The van der Waals surface area contributed by atoms with Crippen LogP contribution in [0.15, 0.2) is 224 Å². The van der Waals surface area contributed by atoms with Crippen molar-refractivity contribution in [1.29, 1.82) is 0 Å². The van der Waals surface area contributed by atoms with Crippen LogP contribution in [0.3, 0.4) is 0 Å². The second-order valence-electron chi connectivity index (χ2n) is 16.8. The van der Waals surface area contributed by atoms with Crippen LogP contribution in [0.2, 0.25) is 0 Å². The van der Waals surface area contributed by atoms with Crippen LogP contribution >= 0.6 is 0 Å². The van der Waals surface area contributed by atoms with E-state index in [1.807, 2.05) is 0 Å². The minimum atomic E-state index is -0.499. The highest BCUT2D eigenvalue weighted by atomic mass is 15.1. The van der Waals surface area contributed by atoms with Crippen LogP contribution < -0.4 is 4.90 Å². The quantitative estimate of drug-likeness (QED) is 0.157. The first-order chi connectivity index (χ1) is 29.0. The molecule has 3 aliphatic carbocycles. The number of nitrogens with zero attached hydrogens (tertiary/aromatic N) is 1. The Morgan fingerprint density at radius 3 is 1.54 bits per heavy atom. The van der Waals surface area contributed by atoms with Gasteiger partial charge in [-0.25, -0.2) is 0 Å². The second kappa shape index (κ2) is 13.9. The highest BCUT2D eigenvalue weighted by Crippen LogP contribution is 2.58. The molecule has 1 nitrogen and oxygen atoms in total. The second-order valence-corrected chi connectivity index (χ2v) is 16.8. The molecule has 0 radical (unpaired) electrons. The molecule has 0 amide bonds. The number of allylic oxidation sites excluding steroid dienone is 3. The zero-order valence-corrected chi connectivity index (χ0v) is 33.5. The smallest absolute Gasteiger partial charge is 0.0713 e. The van der Waals surface area contributed by atoms with Gasteiger partial charge in [0.05, 0.1) is 5.41 Å². The van der Waals surface area contributed by atoms with Gasteiger partial charge in [-0.1, -0.05) is 202 Å². The largest absolute Gasteiger partial charge is 0.311 e. The molecule has 11 rings (SSSR count). The van der Waals surface area contributed by atoms with Crippen LogP contribution in [0, 0.1) is 0 Å². The summed E-state index contributed by atoms with van der Waals surface area (Å²) >= 11 is 0. The van der Waals surface area contributed by atoms with Crippen molar-refractivity contribution < 1.29 is 0 Å². The Balaban J connectivity index is 1.06. The summed E-state index contributed by atoms with van der Waals surface area (Å²) in [5.74, 6) is 0.358. The van der Waals surface area contributed by atoms with Crippen LogP contribution in [-0.2, 0) is 10.8 Å². The maximum absolute atomic E-state index is 2.53. The van der Waals surface area contributed by atoms with Crippen LogP contribution in [0.1, 0.15) is 65.1 Å². The van der Waals surface area contributed by atoms with Gasteiger partial charge in [0.1, 0.15) is 0 Å². The summed E-state index contributed by atoms with van der Waals surface area (Å²) in [6.45, 7) is 4.77. The summed E-state index contributed by atoms with van der Waals surface area (Å²) in [6.07, 6.45) is 8.04. The van der Waals surface area contributed by atoms with E-state index in [0.717, 1.165) is 17.8 Å².